The summed E-state index contributed by atoms with van der Waals surface area (Å²) >= 11 is 0. The van der Waals surface area contributed by atoms with Gasteiger partial charge in [0.2, 0.25) is 0 Å². The minimum absolute atomic E-state index is 0.00552. The standard InChI is InChI=1S/C73H76BN3/c1-67(2,3)50-33-36-60(54(42-50)47-24-15-13-16-25-47)75-62-44-52(69(7,8)9)32-35-58(62)74-59-31-23-30-56-66(59)77(72(12)55-29-20-19-26-48(55)38-41-70(56,72)10)64-46-53(45-63(75)65(64)74)76-61-37-34-51(68(4,5)6)43-57(61)73(49-27-17-14-18-28-49)40-22-21-39-71(73,76)11/h13-20,23-37,42-46H,21-22,38-41H2,1-12H3. The first-order chi connectivity index (χ1) is 36.7. The highest BCUT2D eigenvalue weighted by molar-refractivity contribution is 7.00. The predicted octanol–water partition coefficient (Wildman–Crippen LogP) is 16.9. The zero-order valence-corrected chi connectivity index (χ0v) is 47.8. The second-order valence-electron chi connectivity index (χ2n) is 27.7. The summed E-state index contributed by atoms with van der Waals surface area (Å²) in [6.07, 6.45) is 6.74. The van der Waals surface area contributed by atoms with E-state index >= 15 is 0 Å². The molecule has 14 rings (SSSR count). The highest BCUT2D eigenvalue weighted by Crippen LogP contribution is 2.67. The lowest BCUT2D eigenvalue weighted by Gasteiger charge is -2.54. The molecule has 8 aromatic carbocycles. The quantitative estimate of drug-likeness (QED) is 0.163. The van der Waals surface area contributed by atoms with Crippen molar-refractivity contribution in [3.05, 3.63) is 214 Å². The summed E-state index contributed by atoms with van der Waals surface area (Å²) < 4.78 is 0. The number of nitrogens with zero attached hydrogens (tertiary/aromatic N) is 3. The molecule has 77 heavy (non-hydrogen) atoms. The summed E-state index contributed by atoms with van der Waals surface area (Å²) in [5.41, 5.74) is 26.2. The van der Waals surface area contributed by atoms with E-state index in [9.17, 15) is 0 Å². The van der Waals surface area contributed by atoms with Crippen molar-refractivity contribution in [3.8, 4) is 11.1 Å². The maximum absolute atomic E-state index is 2.91. The van der Waals surface area contributed by atoms with E-state index in [4.69, 9.17) is 0 Å². The van der Waals surface area contributed by atoms with E-state index in [0.29, 0.717) is 0 Å². The maximum atomic E-state index is 2.91. The molecule has 1 saturated carbocycles. The Morgan fingerprint density at radius 1 is 0.455 bits per heavy atom. The lowest BCUT2D eigenvalue weighted by molar-refractivity contribution is 0.215. The molecule has 3 nitrogen and oxygen atoms in total. The van der Waals surface area contributed by atoms with Crippen LogP contribution in [0.2, 0.25) is 0 Å². The third-order valence-corrected chi connectivity index (χ3v) is 20.6. The van der Waals surface area contributed by atoms with Crippen molar-refractivity contribution in [2.24, 2.45) is 0 Å². The van der Waals surface area contributed by atoms with Gasteiger partial charge in [0.25, 0.3) is 6.71 Å². The van der Waals surface area contributed by atoms with Gasteiger partial charge in [0.05, 0.1) is 16.8 Å². The predicted molar refractivity (Wildman–Crippen MR) is 328 cm³/mol. The average molecular weight is 1010 g/mol. The molecule has 0 radical (unpaired) electrons. The fraction of sp³-hybridized carbons (Fsp3) is 0.342. The molecule has 0 spiro atoms. The fourth-order valence-corrected chi connectivity index (χ4v) is 16.4. The average Bonchev–Trinajstić information content (AvgIpc) is 4.05. The van der Waals surface area contributed by atoms with E-state index in [0.717, 1.165) is 25.7 Å². The van der Waals surface area contributed by atoms with Gasteiger partial charge < -0.3 is 14.7 Å². The molecule has 0 saturated heterocycles. The minimum atomic E-state index is -0.366. The molecule has 0 N–H and O–H groups in total. The molecule has 6 aliphatic rings. The number of para-hydroxylation sites is 1. The van der Waals surface area contributed by atoms with Gasteiger partial charge in [0.1, 0.15) is 0 Å². The molecule has 0 aromatic heterocycles. The van der Waals surface area contributed by atoms with Crippen LogP contribution in [0.4, 0.5) is 39.8 Å². The Morgan fingerprint density at radius 3 is 1.79 bits per heavy atom. The molecule has 4 heterocycles. The first kappa shape index (κ1) is 48.6. The molecule has 1 fully saturated rings. The van der Waals surface area contributed by atoms with Crippen LogP contribution in [-0.4, -0.2) is 12.3 Å². The second-order valence-corrected chi connectivity index (χ2v) is 27.7. The maximum Gasteiger partial charge on any atom is 0.252 e. The molecule has 0 bridgehead atoms. The van der Waals surface area contributed by atoms with Crippen molar-refractivity contribution in [1.82, 2.24) is 0 Å². The molecule has 4 aliphatic heterocycles. The summed E-state index contributed by atoms with van der Waals surface area (Å²) in [6.45, 7) is 29.2. The van der Waals surface area contributed by atoms with Gasteiger partial charge in [-0.15, -0.1) is 0 Å². The van der Waals surface area contributed by atoms with Crippen LogP contribution in [-0.2, 0) is 39.0 Å². The van der Waals surface area contributed by atoms with Crippen molar-refractivity contribution < 1.29 is 0 Å². The summed E-state index contributed by atoms with van der Waals surface area (Å²) in [6, 6.07) is 67.7. The Labute approximate surface area is 460 Å². The third-order valence-electron chi connectivity index (χ3n) is 20.6. The van der Waals surface area contributed by atoms with Gasteiger partial charge in [-0.3, -0.25) is 0 Å². The molecule has 4 atom stereocenters. The van der Waals surface area contributed by atoms with Gasteiger partial charge in [-0.25, -0.2) is 0 Å². The Balaban J connectivity index is 1.15. The van der Waals surface area contributed by atoms with Gasteiger partial charge in [0.15, 0.2) is 0 Å². The van der Waals surface area contributed by atoms with E-state index in [1.807, 2.05) is 0 Å². The monoisotopic (exact) mass is 1010 g/mol. The van der Waals surface area contributed by atoms with Gasteiger partial charge >= 0.3 is 0 Å². The fourth-order valence-electron chi connectivity index (χ4n) is 16.4. The van der Waals surface area contributed by atoms with Crippen LogP contribution < -0.4 is 31.1 Å². The van der Waals surface area contributed by atoms with E-state index in [-0.39, 0.29) is 44.9 Å². The van der Waals surface area contributed by atoms with Crippen molar-refractivity contribution in [3.63, 3.8) is 0 Å². The minimum Gasteiger partial charge on any atom is -0.334 e. The number of benzene rings is 8. The molecule has 386 valence electrons. The molecule has 2 aliphatic carbocycles. The molecule has 4 unspecified atom stereocenters. The number of rotatable bonds is 4. The summed E-state index contributed by atoms with van der Waals surface area (Å²) in [5, 5.41) is 0. The van der Waals surface area contributed by atoms with Crippen LogP contribution in [0.15, 0.2) is 170 Å². The van der Waals surface area contributed by atoms with E-state index in [2.05, 4.69) is 268 Å². The van der Waals surface area contributed by atoms with Crippen molar-refractivity contribution in [2.75, 3.05) is 14.7 Å². The van der Waals surface area contributed by atoms with Crippen LogP contribution in [0.3, 0.4) is 0 Å². The van der Waals surface area contributed by atoms with Crippen LogP contribution >= 0.6 is 0 Å². The van der Waals surface area contributed by atoms with Crippen molar-refractivity contribution in [2.45, 2.75) is 160 Å². The molecule has 0 amide bonds. The largest absolute Gasteiger partial charge is 0.334 e. The van der Waals surface area contributed by atoms with Crippen LogP contribution in [0, 0.1) is 0 Å². The van der Waals surface area contributed by atoms with E-state index < -0.39 is 0 Å². The molecular weight excluding hydrogens is 930 g/mol. The smallest absolute Gasteiger partial charge is 0.252 e. The molecular formula is C73H76BN3. The summed E-state index contributed by atoms with van der Waals surface area (Å²) in [5.74, 6) is 0. The van der Waals surface area contributed by atoms with Gasteiger partial charge in [0, 0.05) is 50.5 Å². The lowest BCUT2D eigenvalue weighted by Crippen LogP contribution is -2.64. The third kappa shape index (κ3) is 6.45. The lowest BCUT2D eigenvalue weighted by atomic mass is 9.33. The number of hydrogen-bond acceptors (Lipinski definition) is 3. The Kier molecular flexibility index (Phi) is 10.2. The first-order valence-corrected chi connectivity index (χ1v) is 29.1. The van der Waals surface area contributed by atoms with Gasteiger partial charge in [-0.1, -0.05) is 216 Å². The van der Waals surface area contributed by atoms with E-state index in [1.54, 1.807) is 0 Å². The van der Waals surface area contributed by atoms with Crippen LogP contribution in [0.5, 0.6) is 0 Å². The molecule has 4 heteroatoms. The van der Waals surface area contributed by atoms with Crippen molar-refractivity contribution in [1.29, 1.82) is 0 Å². The summed E-state index contributed by atoms with van der Waals surface area (Å²) in [7, 11) is 0. The van der Waals surface area contributed by atoms with Gasteiger partial charge in [-0.2, -0.15) is 0 Å². The van der Waals surface area contributed by atoms with Crippen molar-refractivity contribution >= 4 is 62.9 Å². The van der Waals surface area contributed by atoms with E-state index in [1.165, 1.54) is 125 Å². The number of fused-ring (bicyclic) bond motifs is 12. The Morgan fingerprint density at radius 2 is 1.06 bits per heavy atom. The zero-order chi connectivity index (χ0) is 53.4. The number of aryl methyl sites for hydroxylation is 1. The second kappa shape index (κ2) is 16.2. The number of hydrogen-bond donors (Lipinski definition) is 0. The first-order valence-electron chi connectivity index (χ1n) is 29.1. The Hall–Kier alpha value is -6.78. The highest BCUT2D eigenvalue weighted by atomic mass is 15.3. The normalized spacial score (nSPS) is 23.6. The van der Waals surface area contributed by atoms with Gasteiger partial charge in [-0.05, 0) is 159 Å². The number of anilines is 7. The van der Waals surface area contributed by atoms with Crippen LogP contribution in [0.25, 0.3) is 11.1 Å². The molecule has 8 aromatic rings. The highest BCUT2D eigenvalue weighted by Gasteiger charge is 2.65. The SMILES string of the molecule is CC(C)(C)c1ccc(N2c3cc(C(C)(C)C)ccc3B3c4cccc5c4N(c4cc(N6c7ccc(C(C)(C)C)cc7C7(c8ccccc8)CCCCC67C)cc2c43)C2(C)c3ccccc3CCC52C)c(-c2ccccc2)c1. The Bertz CT molecular complexity index is 3740. The topological polar surface area (TPSA) is 9.72 Å². The summed E-state index contributed by atoms with van der Waals surface area (Å²) in [4.78, 5) is 8.54. The zero-order valence-electron chi connectivity index (χ0n) is 47.8. The van der Waals surface area contributed by atoms with Crippen LogP contribution in [0.1, 0.15) is 160 Å².